The summed E-state index contributed by atoms with van der Waals surface area (Å²) in [5.74, 6) is 2.16. The van der Waals surface area contributed by atoms with E-state index in [1.807, 2.05) is 60.4 Å². The maximum absolute atomic E-state index is 13.4. The molecule has 0 saturated carbocycles. The molecule has 2 aliphatic rings. The van der Waals surface area contributed by atoms with Gasteiger partial charge in [0.25, 0.3) is 5.91 Å². The van der Waals surface area contributed by atoms with Crippen molar-refractivity contribution in [2.45, 2.75) is 18.8 Å². The Hall–Kier alpha value is -3.61. The number of carbonyl (C=O) groups is 1. The average Bonchev–Trinajstić information content (AvgIpc) is 2.88. The lowest BCUT2D eigenvalue weighted by Crippen LogP contribution is -2.39. The van der Waals surface area contributed by atoms with Crippen molar-refractivity contribution in [3.05, 3.63) is 66.0 Å². The van der Waals surface area contributed by atoms with E-state index in [2.05, 4.69) is 17.1 Å². The third-order valence-electron chi connectivity index (χ3n) is 6.17. The quantitative estimate of drug-likeness (QED) is 0.606. The van der Waals surface area contributed by atoms with Crippen molar-refractivity contribution in [3.63, 3.8) is 0 Å². The van der Waals surface area contributed by atoms with Crippen LogP contribution in [0.3, 0.4) is 0 Å². The van der Waals surface area contributed by atoms with Gasteiger partial charge >= 0.3 is 0 Å². The van der Waals surface area contributed by atoms with Crippen molar-refractivity contribution in [2.24, 2.45) is 0 Å². The zero-order valence-electron chi connectivity index (χ0n) is 19.0. The third-order valence-corrected chi connectivity index (χ3v) is 6.17. The van der Waals surface area contributed by atoms with Crippen LogP contribution in [0.2, 0.25) is 0 Å². The zero-order valence-corrected chi connectivity index (χ0v) is 19.0. The number of nitrogens with zero attached hydrogens (tertiary/aromatic N) is 4. The molecular formula is C26H28N4O3. The van der Waals surface area contributed by atoms with Gasteiger partial charge in [0.15, 0.2) is 11.5 Å². The number of amides is 1. The van der Waals surface area contributed by atoms with Gasteiger partial charge in [-0.2, -0.15) is 0 Å². The third kappa shape index (κ3) is 4.35. The van der Waals surface area contributed by atoms with Gasteiger partial charge in [0, 0.05) is 50.4 Å². The smallest absolute Gasteiger partial charge is 0.254 e. The monoisotopic (exact) mass is 444 g/mol. The SMILES string of the molecule is CN(C)c1ncc(-c2ccccc2)c(C2CCCN(C(=O)c3ccc4c(c3)OCCO4)C2)n1. The van der Waals surface area contributed by atoms with E-state index >= 15 is 0 Å². The second kappa shape index (κ2) is 9.10. The van der Waals surface area contributed by atoms with E-state index in [1.165, 1.54) is 0 Å². The molecule has 7 nitrogen and oxygen atoms in total. The van der Waals surface area contributed by atoms with Crippen molar-refractivity contribution in [2.75, 3.05) is 45.3 Å². The lowest BCUT2D eigenvalue weighted by atomic mass is 9.89. The van der Waals surface area contributed by atoms with E-state index < -0.39 is 0 Å². The van der Waals surface area contributed by atoms with E-state index in [1.54, 1.807) is 6.07 Å². The van der Waals surface area contributed by atoms with E-state index in [9.17, 15) is 4.79 Å². The van der Waals surface area contributed by atoms with Gasteiger partial charge in [-0.25, -0.2) is 9.97 Å². The summed E-state index contributed by atoms with van der Waals surface area (Å²) in [6.07, 6.45) is 3.82. The van der Waals surface area contributed by atoms with Gasteiger partial charge in [0.1, 0.15) is 13.2 Å². The van der Waals surface area contributed by atoms with Crippen LogP contribution in [0.15, 0.2) is 54.7 Å². The molecule has 1 aromatic heterocycles. The summed E-state index contributed by atoms with van der Waals surface area (Å²) < 4.78 is 11.3. The van der Waals surface area contributed by atoms with Crippen LogP contribution >= 0.6 is 0 Å². The Morgan fingerprint density at radius 3 is 2.64 bits per heavy atom. The minimum absolute atomic E-state index is 0.0137. The fourth-order valence-corrected chi connectivity index (χ4v) is 4.50. The van der Waals surface area contributed by atoms with Gasteiger partial charge < -0.3 is 19.3 Å². The van der Waals surface area contributed by atoms with Gasteiger partial charge in [0.05, 0.1) is 5.69 Å². The van der Waals surface area contributed by atoms with Gasteiger partial charge in [-0.1, -0.05) is 30.3 Å². The number of aromatic nitrogens is 2. The number of fused-ring (bicyclic) bond motifs is 1. The number of piperidine rings is 1. The van der Waals surface area contributed by atoms with E-state index in [-0.39, 0.29) is 11.8 Å². The topological polar surface area (TPSA) is 67.8 Å². The number of hydrogen-bond donors (Lipinski definition) is 0. The normalized spacial score (nSPS) is 17.5. The molecule has 1 saturated heterocycles. The molecule has 0 N–H and O–H groups in total. The van der Waals surface area contributed by atoms with Crippen LogP contribution in [0.5, 0.6) is 11.5 Å². The number of carbonyl (C=O) groups excluding carboxylic acids is 1. The summed E-state index contributed by atoms with van der Waals surface area (Å²) in [5.41, 5.74) is 3.74. The number of hydrogen-bond acceptors (Lipinski definition) is 6. The van der Waals surface area contributed by atoms with Crippen LogP contribution in [0.4, 0.5) is 5.95 Å². The fraction of sp³-hybridized carbons (Fsp3) is 0.346. The summed E-state index contributed by atoms with van der Waals surface area (Å²) in [6.45, 7) is 2.39. The molecule has 33 heavy (non-hydrogen) atoms. The van der Waals surface area contributed by atoms with Crippen LogP contribution < -0.4 is 14.4 Å². The Bertz CT molecular complexity index is 1150. The van der Waals surface area contributed by atoms with Crippen LogP contribution in [-0.4, -0.2) is 61.2 Å². The number of benzene rings is 2. The van der Waals surface area contributed by atoms with Crippen molar-refractivity contribution in [1.82, 2.24) is 14.9 Å². The Labute approximate surface area is 194 Å². The predicted octanol–water partition coefficient (Wildman–Crippen LogP) is 4.00. The molecule has 5 rings (SSSR count). The molecule has 0 aliphatic carbocycles. The molecule has 1 atom stereocenters. The highest BCUT2D eigenvalue weighted by Crippen LogP contribution is 2.35. The maximum atomic E-state index is 13.4. The summed E-state index contributed by atoms with van der Waals surface area (Å²) in [5, 5.41) is 0. The van der Waals surface area contributed by atoms with Crippen LogP contribution in [0.1, 0.15) is 34.8 Å². The van der Waals surface area contributed by atoms with Crippen molar-refractivity contribution >= 4 is 11.9 Å². The first kappa shape index (κ1) is 21.2. The molecule has 7 heteroatoms. The van der Waals surface area contributed by atoms with Gasteiger partial charge in [0.2, 0.25) is 5.95 Å². The maximum Gasteiger partial charge on any atom is 0.254 e. The van der Waals surface area contributed by atoms with Crippen molar-refractivity contribution in [1.29, 1.82) is 0 Å². The number of ether oxygens (including phenoxy) is 2. The van der Waals surface area contributed by atoms with Crippen LogP contribution in [0, 0.1) is 0 Å². The van der Waals surface area contributed by atoms with E-state index in [0.717, 1.165) is 36.2 Å². The minimum Gasteiger partial charge on any atom is -0.486 e. The number of likely N-dealkylation sites (tertiary alicyclic amines) is 1. The molecule has 1 amide bonds. The average molecular weight is 445 g/mol. The lowest BCUT2D eigenvalue weighted by Gasteiger charge is -2.33. The Morgan fingerprint density at radius 1 is 1.06 bits per heavy atom. The van der Waals surface area contributed by atoms with Crippen molar-refractivity contribution in [3.8, 4) is 22.6 Å². The summed E-state index contributed by atoms with van der Waals surface area (Å²) >= 11 is 0. The summed E-state index contributed by atoms with van der Waals surface area (Å²) in [4.78, 5) is 26.7. The van der Waals surface area contributed by atoms with Crippen LogP contribution in [0.25, 0.3) is 11.1 Å². The molecule has 3 heterocycles. The van der Waals surface area contributed by atoms with Crippen molar-refractivity contribution < 1.29 is 14.3 Å². The second-order valence-electron chi connectivity index (χ2n) is 8.68. The minimum atomic E-state index is 0.0137. The first-order valence-corrected chi connectivity index (χ1v) is 11.4. The van der Waals surface area contributed by atoms with E-state index in [0.29, 0.717) is 42.8 Å². The second-order valence-corrected chi connectivity index (χ2v) is 8.68. The Kier molecular flexibility index (Phi) is 5.86. The fourth-order valence-electron chi connectivity index (χ4n) is 4.50. The Morgan fingerprint density at radius 2 is 1.85 bits per heavy atom. The summed E-state index contributed by atoms with van der Waals surface area (Å²) in [6, 6.07) is 15.7. The van der Waals surface area contributed by atoms with Gasteiger partial charge in [-0.3, -0.25) is 4.79 Å². The largest absolute Gasteiger partial charge is 0.486 e. The molecule has 0 radical (unpaired) electrons. The Balaban J connectivity index is 1.44. The molecule has 0 bridgehead atoms. The molecule has 2 aliphatic heterocycles. The number of anilines is 1. The molecule has 1 unspecified atom stereocenters. The zero-order chi connectivity index (χ0) is 22.8. The van der Waals surface area contributed by atoms with Gasteiger partial charge in [-0.15, -0.1) is 0 Å². The standard InChI is InChI=1S/C26H28N4O3/c1-29(2)26-27-16-21(18-7-4-3-5-8-18)24(28-26)20-9-6-12-30(17-20)25(31)19-10-11-22-23(15-19)33-14-13-32-22/h3-5,7-8,10-11,15-16,20H,6,9,12-14,17H2,1-2H3. The van der Waals surface area contributed by atoms with E-state index in [4.69, 9.17) is 14.5 Å². The molecule has 1 fully saturated rings. The molecule has 170 valence electrons. The first-order chi connectivity index (χ1) is 16.1. The molecule has 0 spiro atoms. The lowest BCUT2D eigenvalue weighted by molar-refractivity contribution is 0.0705. The summed E-state index contributed by atoms with van der Waals surface area (Å²) in [7, 11) is 3.89. The number of rotatable bonds is 4. The van der Waals surface area contributed by atoms with Gasteiger partial charge in [-0.05, 0) is 36.6 Å². The highest BCUT2D eigenvalue weighted by molar-refractivity contribution is 5.95. The predicted molar refractivity (Wildman–Crippen MR) is 127 cm³/mol. The highest BCUT2D eigenvalue weighted by atomic mass is 16.6. The molecule has 3 aromatic rings. The highest BCUT2D eigenvalue weighted by Gasteiger charge is 2.29. The molecule has 2 aromatic carbocycles. The first-order valence-electron chi connectivity index (χ1n) is 11.4. The van der Waals surface area contributed by atoms with Crippen LogP contribution in [-0.2, 0) is 0 Å². The molecular weight excluding hydrogens is 416 g/mol.